The number of hydrogen-bond donors (Lipinski definition) is 0. The van der Waals surface area contributed by atoms with Gasteiger partial charge < -0.3 is 14.2 Å². The lowest BCUT2D eigenvalue weighted by atomic mass is 10.1. The molecule has 0 radical (unpaired) electrons. The van der Waals surface area contributed by atoms with Crippen LogP contribution in [0.15, 0.2) is 72.9 Å². The van der Waals surface area contributed by atoms with Gasteiger partial charge in [0.2, 0.25) is 0 Å². The molecule has 0 amide bonds. The third kappa shape index (κ3) is 50.0. The molecule has 0 saturated carbocycles. The van der Waals surface area contributed by atoms with Gasteiger partial charge in [-0.3, -0.25) is 9.59 Å². The second kappa shape index (κ2) is 52.7. The normalized spacial score (nSPS) is 12.8. The van der Waals surface area contributed by atoms with Crippen LogP contribution in [0.3, 0.4) is 0 Å². The standard InChI is InChI=1S/C57H100O5/c1-4-7-10-13-16-19-21-23-25-27-28-29-31-33-35-37-40-43-46-49-52-60-53-55(62-57(59)51-48-45-42-38-18-15-12-9-6-3)54-61-56(58)50-47-44-41-39-36-34-32-30-26-24-22-20-17-14-11-8-5-2/h7,10,16-17,19-20,23-26,28-29,55H,4-6,8-9,11-15,18,21-22,27,30-54H2,1-3H3/b10-7-,19-16-,20-17-,25-23-,26-24-,29-28-. The van der Waals surface area contributed by atoms with Crippen molar-refractivity contribution < 1.29 is 23.8 Å². The summed E-state index contributed by atoms with van der Waals surface area (Å²) in [6, 6.07) is 0. The second-order valence-corrected chi connectivity index (χ2v) is 17.4. The van der Waals surface area contributed by atoms with E-state index < -0.39 is 6.10 Å². The molecule has 0 heterocycles. The number of ether oxygens (including phenoxy) is 3. The van der Waals surface area contributed by atoms with E-state index in [-0.39, 0.29) is 25.2 Å². The van der Waals surface area contributed by atoms with E-state index in [9.17, 15) is 9.59 Å². The first-order valence-electron chi connectivity index (χ1n) is 26.5. The average Bonchev–Trinajstić information content (AvgIpc) is 3.27. The molecule has 0 spiro atoms. The van der Waals surface area contributed by atoms with Crippen LogP contribution >= 0.6 is 0 Å². The molecule has 5 heteroatoms. The molecule has 62 heavy (non-hydrogen) atoms. The highest BCUT2D eigenvalue weighted by atomic mass is 16.6. The van der Waals surface area contributed by atoms with Crippen molar-refractivity contribution in [1.29, 1.82) is 0 Å². The zero-order chi connectivity index (χ0) is 44.9. The number of esters is 2. The molecule has 0 fully saturated rings. The van der Waals surface area contributed by atoms with Crippen LogP contribution < -0.4 is 0 Å². The Balaban J connectivity index is 4.20. The van der Waals surface area contributed by atoms with Crippen molar-refractivity contribution in [3.8, 4) is 0 Å². The molecule has 0 aliphatic rings. The van der Waals surface area contributed by atoms with Gasteiger partial charge in [0.25, 0.3) is 0 Å². The van der Waals surface area contributed by atoms with Crippen LogP contribution in [0, 0.1) is 0 Å². The van der Waals surface area contributed by atoms with E-state index in [0.29, 0.717) is 19.4 Å². The molecule has 358 valence electrons. The maximum absolute atomic E-state index is 12.7. The van der Waals surface area contributed by atoms with E-state index in [1.165, 1.54) is 141 Å². The van der Waals surface area contributed by atoms with Crippen LogP contribution in [0.5, 0.6) is 0 Å². The highest BCUT2D eigenvalue weighted by Gasteiger charge is 2.17. The molecule has 0 saturated heterocycles. The van der Waals surface area contributed by atoms with Crippen molar-refractivity contribution in [2.45, 2.75) is 258 Å². The van der Waals surface area contributed by atoms with Crippen LogP contribution in [0.1, 0.15) is 252 Å². The van der Waals surface area contributed by atoms with Crippen molar-refractivity contribution in [3.05, 3.63) is 72.9 Å². The van der Waals surface area contributed by atoms with Gasteiger partial charge in [-0.1, -0.05) is 222 Å². The first kappa shape index (κ1) is 59.3. The predicted molar refractivity (Wildman–Crippen MR) is 270 cm³/mol. The summed E-state index contributed by atoms with van der Waals surface area (Å²) in [6.45, 7) is 7.66. The third-order valence-electron chi connectivity index (χ3n) is 11.2. The van der Waals surface area contributed by atoms with Gasteiger partial charge in [0, 0.05) is 19.4 Å². The van der Waals surface area contributed by atoms with E-state index in [0.717, 1.165) is 77.0 Å². The SMILES string of the molecule is CC/C=C\C/C=C\C/C=C\C/C=C\CCCCCCCCCOCC(COC(=O)CCCCCCCCC/C=C\C/C=C\CCCCC)OC(=O)CCCCCCCCCCC. The Bertz CT molecular complexity index is 1110. The van der Waals surface area contributed by atoms with Crippen LogP contribution in [0.4, 0.5) is 0 Å². The highest BCUT2D eigenvalue weighted by molar-refractivity contribution is 5.70. The summed E-state index contributed by atoms with van der Waals surface area (Å²) in [5, 5.41) is 0. The van der Waals surface area contributed by atoms with Crippen LogP contribution in [0.25, 0.3) is 0 Å². The first-order chi connectivity index (χ1) is 30.6. The zero-order valence-electron chi connectivity index (χ0n) is 41.1. The van der Waals surface area contributed by atoms with Gasteiger partial charge in [0.05, 0.1) is 6.61 Å². The van der Waals surface area contributed by atoms with Crippen LogP contribution in [-0.2, 0) is 23.8 Å². The quantitative estimate of drug-likeness (QED) is 0.0346. The lowest BCUT2D eigenvalue weighted by Gasteiger charge is -2.18. The van der Waals surface area contributed by atoms with Crippen molar-refractivity contribution >= 4 is 11.9 Å². The summed E-state index contributed by atoms with van der Waals surface area (Å²) in [6.07, 6.45) is 67.7. The molecule has 0 aromatic heterocycles. The van der Waals surface area contributed by atoms with Crippen LogP contribution in [0.2, 0.25) is 0 Å². The van der Waals surface area contributed by atoms with Crippen molar-refractivity contribution in [3.63, 3.8) is 0 Å². The topological polar surface area (TPSA) is 61.8 Å². The Kier molecular flexibility index (Phi) is 50.4. The van der Waals surface area contributed by atoms with E-state index in [1.807, 2.05) is 0 Å². The predicted octanol–water partition coefficient (Wildman–Crippen LogP) is 17.9. The largest absolute Gasteiger partial charge is 0.462 e. The minimum atomic E-state index is -0.544. The lowest BCUT2D eigenvalue weighted by Crippen LogP contribution is -2.30. The minimum absolute atomic E-state index is 0.0763. The van der Waals surface area contributed by atoms with E-state index in [2.05, 4.69) is 93.7 Å². The molecule has 0 aromatic carbocycles. The van der Waals surface area contributed by atoms with E-state index in [1.54, 1.807) is 0 Å². The van der Waals surface area contributed by atoms with E-state index >= 15 is 0 Å². The number of allylic oxidation sites excluding steroid dienone is 12. The average molecular weight is 865 g/mol. The smallest absolute Gasteiger partial charge is 0.306 e. The van der Waals surface area contributed by atoms with Gasteiger partial charge in [0.15, 0.2) is 6.10 Å². The Morgan fingerprint density at radius 1 is 0.371 bits per heavy atom. The van der Waals surface area contributed by atoms with E-state index in [4.69, 9.17) is 14.2 Å². The Morgan fingerprint density at radius 2 is 0.726 bits per heavy atom. The minimum Gasteiger partial charge on any atom is -0.462 e. The Hall–Kier alpha value is -2.66. The second-order valence-electron chi connectivity index (χ2n) is 17.4. The van der Waals surface area contributed by atoms with Gasteiger partial charge in [-0.15, -0.1) is 0 Å². The first-order valence-corrected chi connectivity index (χ1v) is 26.5. The summed E-state index contributed by atoms with van der Waals surface area (Å²) in [5.74, 6) is -0.410. The molecular weight excluding hydrogens is 765 g/mol. The Morgan fingerprint density at radius 3 is 1.19 bits per heavy atom. The lowest BCUT2D eigenvalue weighted by molar-refractivity contribution is -0.163. The van der Waals surface area contributed by atoms with Gasteiger partial charge in [-0.05, 0) is 89.9 Å². The number of carbonyl (C=O) groups is 2. The summed E-state index contributed by atoms with van der Waals surface area (Å²) in [5.41, 5.74) is 0. The zero-order valence-corrected chi connectivity index (χ0v) is 41.1. The van der Waals surface area contributed by atoms with Crippen molar-refractivity contribution in [2.75, 3.05) is 19.8 Å². The maximum Gasteiger partial charge on any atom is 0.306 e. The fourth-order valence-electron chi connectivity index (χ4n) is 7.30. The van der Waals surface area contributed by atoms with Crippen LogP contribution in [-0.4, -0.2) is 37.9 Å². The molecule has 0 rings (SSSR count). The summed E-state index contributed by atoms with van der Waals surface area (Å²) in [7, 11) is 0. The fourth-order valence-corrected chi connectivity index (χ4v) is 7.30. The van der Waals surface area contributed by atoms with Crippen molar-refractivity contribution in [1.82, 2.24) is 0 Å². The molecule has 0 aliphatic heterocycles. The van der Waals surface area contributed by atoms with Gasteiger partial charge >= 0.3 is 11.9 Å². The summed E-state index contributed by atoms with van der Waals surface area (Å²) < 4.78 is 17.4. The van der Waals surface area contributed by atoms with Gasteiger partial charge in [0.1, 0.15) is 6.61 Å². The fraction of sp³-hybridized carbons (Fsp3) is 0.754. The number of hydrogen-bond acceptors (Lipinski definition) is 5. The molecule has 5 nitrogen and oxygen atoms in total. The molecular formula is C57H100O5. The van der Waals surface area contributed by atoms with Crippen molar-refractivity contribution in [2.24, 2.45) is 0 Å². The third-order valence-corrected chi connectivity index (χ3v) is 11.2. The molecule has 0 aromatic rings. The van der Waals surface area contributed by atoms with Gasteiger partial charge in [-0.2, -0.15) is 0 Å². The molecule has 0 aliphatic carbocycles. The summed E-state index contributed by atoms with van der Waals surface area (Å²) in [4.78, 5) is 25.3. The molecule has 0 bridgehead atoms. The number of carbonyl (C=O) groups excluding carboxylic acids is 2. The monoisotopic (exact) mass is 865 g/mol. The number of rotatable bonds is 48. The Labute approximate surface area is 385 Å². The maximum atomic E-state index is 12.7. The summed E-state index contributed by atoms with van der Waals surface area (Å²) >= 11 is 0. The molecule has 1 atom stereocenters. The molecule has 0 N–H and O–H groups in total. The van der Waals surface area contributed by atoms with Gasteiger partial charge in [-0.25, -0.2) is 0 Å². The molecule has 1 unspecified atom stereocenters. The number of unbranched alkanes of at least 4 members (excludes halogenated alkanes) is 25. The highest BCUT2D eigenvalue weighted by Crippen LogP contribution is 2.14.